The van der Waals surface area contributed by atoms with Crippen molar-refractivity contribution in [2.45, 2.75) is 32.6 Å². The number of ketones is 1. The fourth-order valence-corrected chi connectivity index (χ4v) is 0.967. The number of carboxylic acids is 2. The molecular weight excluding hydrogens is 188 g/mol. The molecule has 0 saturated carbocycles. The second-order valence-corrected chi connectivity index (χ2v) is 3.15. The Morgan fingerprint density at radius 3 is 1.93 bits per heavy atom. The third-order valence-electron chi connectivity index (χ3n) is 1.91. The number of rotatable bonds is 7. The second-order valence-electron chi connectivity index (χ2n) is 3.15. The van der Waals surface area contributed by atoms with Gasteiger partial charge in [0.15, 0.2) is 0 Å². The zero-order chi connectivity index (χ0) is 11.1. The van der Waals surface area contributed by atoms with Crippen LogP contribution in [-0.2, 0) is 14.4 Å². The second kappa shape index (κ2) is 6.12. The molecule has 0 heterocycles. The summed E-state index contributed by atoms with van der Waals surface area (Å²) in [4.78, 5) is 31.2. The zero-order valence-electron chi connectivity index (χ0n) is 7.95. The first-order chi connectivity index (χ1) is 6.43. The molecule has 0 bridgehead atoms. The van der Waals surface area contributed by atoms with E-state index in [1.165, 1.54) is 0 Å². The van der Waals surface area contributed by atoms with Crippen molar-refractivity contribution >= 4 is 17.7 Å². The number of carbonyl (C=O) groups excluding carboxylic acids is 3. The van der Waals surface area contributed by atoms with Crippen molar-refractivity contribution in [2.75, 3.05) is 0 Å². The molecule has 80 valence electrons. The molecule has 0 spiro atoms. The molecule has 0 radical (unpaired) electrons. The Labute approximate surface area is 81.7 Å². The quantitative estimate of drug-likeness (QED) is 0.485. The molecule has 0 aromatic rings. The Kier molecular flexibility index (Phi) is 5.52. The minimum absolute atomic E-state index is 0.101. The largest absolute Gasteiger partial charge is 0.550 e. The molecule has 0 N–H and O–H groups in total. The third-order valence-corrected chi connectivity index (χ3v) is 1.91. The number of Topliss-reactive ketones (excluding diaryl/α,β-unsaturated/α-hetero) is 1. The number of hydrogen-bond acceptors (Lipinski definition) is 5. The van der Waals surface area contributed by atoms with E-state index in [1.54, 1.807) is 6.92 Å². The maximum Gasteiger partial charge on any atom is 0.136 e. The van der Waals surface area contributed by atoms with Gasteiger partial charge in [0.05, 0.1) is 0 Å². The summed E-state index contributed by atoms with van der Waals surface area (Å²) in [5, 5.41) is 20.1. The number of carbonyl (C=O) groups is 3. The van der Waals surface area contributed by atoms with Crippen molar-refractivity contribution in [3.8, 4) is 0 Å². The van der Waals surface area contributed by atoms with Crippen molar-refractivity contribution in [1.82, 2.24) is 0 Å². The number of hydrogen-bond donors (Lipinski definition) is 0. The van der Waals surface area contributed by atoms with Crippen LogP contribution in [0.5, 0.6) is 0 Å². The monoisotopic (exact) mass is 200 g/mol. The first-order valence-corrected chi connectivity index (χ1v) is 4.36. The molecule has 1 atom stereocenters. The fourth-order valence-electron chi connectivity index (χ4n) is 0.967. The summed E-state index contributed by atoms with van der Waals surface area (Å²) < 4.78 is 0. The zero-order valence-corrected chi connectivity index (χ0v) is 7.95. The van der Waals surface area contributed by atoms with Crippen LogP contribution in [0.15, 0.2) is 0 Å². The third kappa shape index (κ3) is 6.16. The topological polar surface area (TPSA) is 97.3 Å². The van der Waals surface area contributed by atoms with Crippen LogP contribution in [0, 0.1) is 5.92 Å². The molecule has 0 aromatic carbocycles. The fraction of sp³-hybridized carbons (Fsp3) is 0.667. The summed E-state index contributed by atoms with van der Waals surface area (Å²) in [6.45, 7) is 1.57. The van der Waals surface area contributed by atoms with Gasteiger partial charge in [-0.3, -0.25) is 4.79 Å². The van der Waals surface area contributed by atoms with Gasteiger partial charge in [-0.05, 0) is 19.3 Å². The van der Waals surface area contributed by atoms with E-state index in [-0.39, 0.29) is 31.5 Å². The molecule has 0 saturated heterocycles. The van der Waals surface area contributed by atoms with Crippen LogP contribution in [-0.4, -0.2) is 17.7 Å². The summed E-state index contributed by atoms with van der Waals surface area (Å²) in [7, 11) is 0. The van der Waals surface area contributed by atoms with Gasteiger partial charge in [-0.25, -0.2) is 0 Å². The summed E-state index contributed by atoms with van der Waals surface area (Å²) >= 11 is 0. The van der Waals surface area contributed by atoms with Gasteiger partial charge in [0.25, 0.3) is 0 Å². The molecule has 0 rings (SSSR count). The molecule has 5 nitrogen and oxygen atoms in total. The summed E-state index contributed by atoms with van der Waals surface area (Å²) in [6.07, 6.45) is -0.405. The Bertz CT molecular complexity index is 233. The van der Waals surface area contributed by atoms with Gasteiger partial charge in [0.1, 0.15) is 5.78 Å². The van der Waals surface area contributed by atoms with E-state index >= 15 is 0 Å². The van der Waals surface area contributed by atoms with Gasteiger partial charge in [0, 0.05) is 24.3 Å². The van der Waals surface area contributed by atoms with Crippen LogP contribution in [0.25, 0.3) is 0 Å². The molecule has 0 amide bonds. The van der Waals surface area contributed by atoms with Crippen molar-refractivity contribution in [1.29, 1.82) is 0 Å². The van der Waals surface area contributed by atoms with Crippen LogP contribution in [0.1, 0.15) is 32.6 Å². The highest BCUT2D eigenvalue weighted by atomic mass is 16.4. The van der Waals surface area contributed by atoms with E-state index in [9.17, 15) is 24.6 Å². The normalized spacial score (nSPS) is 12.1. The van der Waals surface area contributed by atoms with Crippen molar-refractivity contribution in [3.63, 3.8) is 0 Å². The highest BCUT2D eigenvalue weighted by Gasteiger charge is 2.12. The minimum atomic E-state index is -1.27. The van der Waals surface area contributed by atoms with Gasteiger partial charge in [-0.1, -0.05) is 6.92 Å². The Balaban J connectivity index is 3.76. The average molecular weight is 200 g/mol. The summed E-state index contributed by atoms with van der Waals surface area (Å²) in [5.41, 5.74) is 0. The molecule has 0 aliphatic heterocycles. The van der Waals surface area contributed by atoms with E-state index in [0.29, 0.717) is 0 Å². The summed E-state index contributed by atoms with van der Waals surface area (Å²) in [6, 6.07) is 0. The molecule has 0 aliphatic rings. The van der Waals surface area contributed by atoms with Gasteiger partial charge in [-0.2, -0.15) is 0 Å². The van der Waals surface area contributed by atoms with E-state index in [2.05, 4.69) is 0 Å². The van der Waals surface area contributed by atoms with Gasteiger partial charge < -0.3 is 19.8 Å². The molecule has 1 unspecified atom stereocenters. The van der Waals surface area contributed by atoms with Crippen LogP contribution in [0.3, 0.4) is 0 Å². The Hall–Kier alpha value is -1.39. The van der Waals surface area contributed by atoms with Crippen LogP contribution in [0.4, 0.5) is 0 Å². The molecule has 0 aliphatic carbocycles. The average Bonchev–Trinajstić information content (AvgIpc) is 2.09. The maximum absolute atomic E-state index is 11.2. The maximum atomic E-state index is 11.2. The van der Waals surface area contributed by atoms with E-state index in [0.717, 1.165) is 0 Å². The highest BCUT2D eigenvalue weighted by molar-refractivity contribution is 5.84. The molecule has 0 aromatic heterocycles. The standard InChI is InChI=1S/C9H14O5/c1-6(2-4-8(11)12)7(10)3-5-9(13)14/h6H,2-5H2,1H3,(H,11,12)(H,13,14)/p-2. The van der Waals surface area contributed by atoms with Gasteiger partial charge in [-0.15, -0.1) is 0 Å². The Morgan fingerprint density at radius 2 is 1.50 bits per heavy atom. The lowest BCUT2D eigenvalue weighted by atomic mass is 9.97. The smallest absolute Gasteiger partial charge is 0.136 e. The SMILES string of the molecule is CC(CCC(=O)[O-])C(=O)CCC(=O)[O-]. The Morgan fingerprint density at radius 1 is 1.00 bits per heavy atom. The van der Waals surface area contributed by atoms with Crippen LogP contribution in [0.2, 0.25) is 0 Å². The van der Waals surface area contributed by atoms with Gasteiger partial charge >= 0.3 is 0 Å². The highest BCUT2D eigenvalue weighted by Crippen LogP contribution is 2.09. The number of carboxylic acid groups (broad SMARTS) is 2. The first kappa shape index (κ1) is 12.6. The van der Waals surface area contributed by atoms with Gasteiger partial charge in [0.2, 0.25) is 0 Å². The molecule has 14 heavy (non-hydrogen) atoms. The lowest BCUT2D eigenvalue weighted by Gasteiger charge is -2.10. The van der Waals surface area contributed by atoms with E-state index in [4.69, 9.17) is 0 Å². The number of aliphatic carboxylic acids is 2. The molecule has 0 fully saturated rings. The molecular formula is C9H12O5-2. The van der Waals surface area contributed by atoms with E-state index < -0.39 is 17.9 Å². The van der Waals surface area contributed by atoms with Crippen LogP contribution < -0.4 is 10.2 Å². The summed E-state index contributed by atoms with van der Waals surface area (Å²) in [5.74, 6) is -3.17. The van der Waals surface area contributed by atoms with Crippen molar-refractivity contribution < 1.29 is 24.6 Å². The first-order valence-electron chi connectivity index (χ1n) is 4.36. The van der Waals surface area contributed by atoms with Crippen LogP contribution >= 0.6 is 0 Å². The van der Waals surface area contributed by atoms with Crippen molar-refractivity contribution in [3.05, 3.63) is 0 Å². The van der Waals surface area contributed by atoms with Crippen molar-refractivity contribution in [2.24, 2.45) is 5.92 Å². The predicted molar refractivity (Wildman–Crippen MR) is 42.7 cm³/mol. The predicted octanol–water partition coefficient (Wildman–Crippen LogP) is -1.75. The lowest BCUT2D eigenvalue weighted by Crippen LogP contribution is -2.25. The van der Waals surface area contributed by atoms with E-state index in [1.807, 2.05) is 0 Å². The lowest BCUT2D eigenvalue weighted by molar-refractivity contribution is -0.307. The molecule has 5 heteroatoms. The minimum Gasteiger partial charge on any atom is -0.550 e.